The summed E-state index contributed by atoms with van der Waals surface area (Å²) in [6.45, 7) is 4.06. The average Bonchev–Trinajstić information content (AvgIpc) is 2.17. The molecule has 2 atom stereocenters. The molecule has 0 radical (unpaired) electrons. The highest BCUT2D eigenvalue weighted by molar-refractivity contribution is 9.09. The van der Waals surface area contributed by atoms with Crippen molar-refractivity contribution < 1.29 is 4.79 Å². The van der Waals surface area contributed by atoms with Crippen LogP contribution in [0.15, 0.2) is 24.5 Å². The lowest BCUT2D eigenvalue weighted by molar-refractivity contribution is 0.0938. The van der Waals surface area contributed by atoms with E-state index >= 15 is 0 Å². The van der Waals surface area contributed by atoms with E-state index in [2.05, 4.69) is 33.2 Å². The van der Waals surface area contributed by atoms with Crippen LogP contribution in [-0.2, 0) is 0 Å². The van der Waals surface area contributed by atoms with E-state index in [4.69, 9.17) is 0 Å². The fourth-order valence-electron chi connectivity index (χ4n) is 1.36. The molecule has 1 aromatic heterocycles. The molecule has 0 aliphatic heterocycles. The number of amides is 1. The van der Waals surface area contributed by atoms with Crippen molar-refractivity contribution in [2.45, 2.75) is 31.1 Å². The molecular weight excluding hydrogens is 256 g/mol. The number of aromatic nitrogens is 1. The maximum Gasteiger partial charge on any atom is 0.251 e. The molecule has 0 aromatic carbocycles. The monoisotopic (exact) mass is 270 g/mol. The Morgan fingerprint density at radius 1 is 1.47 bits per heavy atom. The van der Waals surface area contributed by atoms with Crippen molar-refractivity contribution in [1.29, 1.82) is 0 Å². The Morgan fingerprint density at radius 3 is 2.60 bits per heavy atom. The van der Waals surface area contributed by atoms with Gasteiger partial charge in [-0.2, -0.15) is 0 Å². The second kappa shape index (κ2) is 5.85. The van der Waals surface area contributed by atoms with Crippen molar-refractivity contribution >= 4 is 21.8 Å². The first-order valence-electron chi connectivity index (χ1n) is 4.94. The molecule has 0 aliphatic rings. The first-order chi connectivity index (χ1) is 7.09. The minimum absolute atomic E-state index is 0.0435. The Labute approximate surface area is 98.4 Å². The van der Waals surface area contributed by atoms with Gasteiger partial charge < -0.3 is 5.32 Å². The van der Waals surface area contributed by atoms with Crippen LogP contribution in [0.5, 0.6) is 0 Å². The van der Waals surface area contributed by atoms with E-state index in [1.807, 2.05) is 6.92 Å². The Hall–Kier alpha value is -0.900. The first kappa shape index (κ1) is 12.2. The zero-order chi connectivity index (χ0) is 11.3. The summed E-state index contributed by atoms with van der Waals surface area (Å²) in [5, 5.41) is 2.93. The van der Waals surface area contributed by atoms with E-state index in [1.165, 1.54) is 0 Å². The van der Waals surface area contributed by atoms with Gasteiger partial charge in [0.1, 0.15) is 0 Å². The van der Waals surface area contributed by atoms with Crippen LogP contribution in [0.3, 0.4) is 0 Å². The highest BCUT2D eigenvalue weighted by Gasteiger charge is 2.10. The van der Waals surface area contributed by atoms with Gasteiger partial charge in [-0.15, -0.1) is 0 Å². The molecule has 0 aliphatic carbocycles. The molecule has 1 N–H and O–H groups in total. The van der Waals surface area contributed by atoms with Crippen LogP contribution in [0.2, 0.25) is 0 Å². The molecule has 0 bridgehead atoms. The van der Waals surface area contributed by atoms with Gasteiger partial charge in [0.05, 0.1) is 0 Å². The number of halogens is 1. The van der Waals surface area contributed by atoms with Gasteiger partial charge in [0.2, 0.25) is 0 Å². The van der Waals surface area contributed by atoms with Gasteiger partial charge in [0, 0.05) is 28.8 Å². The van der Waals surface area contributed by atoms with E-state index in [9.17, 15) is 4.79 Å². The number of nitrogens with zero attached hydrogens (tertiary/aromatic N) is 1. The van der Waals surface area contributed by atoms with E-state index in [0.717, 1.165) is 6.42 Å². The molecule has 82 valence electrons. The summed E-state index contributed by atoms with van der Waals surface area (Å²) < 4.78 is 0. The number of alkyl halides is 1. The third kappa shape index (κ3) is 4.42. The SMILES string of the molecule is CC(Br)CC(C)NC(=O)c1ccncc1. The number of hydrogen-bond acceptors (Lipinski definition) is 2. The summed E-state index contributed by atoms with van der Waals surface area (Å²) in [4.78, 5) is 16.0. The molecular formula is C11H15BrN2O. The quantitative estimate of drug-likeness (QED) is 0.854. The second-order valence-corrected chi connectivity index (χ2v) is 5.19. The molecule has 1 rings (SSSR count). The van der Waals surface area contributed by atoms with Crippen molar-refractivity contribution in [2.24, 2.45) is 0 Å². The maximum atomic E-state index is 11.7. The predicted octanol–water partition coefficient (Wildman–Crippen LogP) is 2.37. The lowest BCUT2D eigenvalue weighted by Crippen LogP contribution is -2.33. The van der Waals surface area contributed by atoms with Gasteiger partial charge >= 0.3 is 0 Å². The lowest BCUT2D eigenvalue weighted by atomic mass is 10.2. The van der Waals surface area contributed by atoms with Crippen LogP contribution in [-0.4, -0.2) is 21.8 Å². The molecule has 0 spiro atoms. The Kier molecular flexibility index (Phi) is 4.75. The standard InChI is InChI=1S/C11H15BrN2O/c1-8(12)7-9(2)14-11(15)10-3-5-13-6-4-10/h3-6,8-9H,7H2,1-2H3,(H,14,15). The third-order valence-electron chi connectivity index (χ3n) is 2.00. The van der Waals surface area contributed by atoms with Crippen molar-refractivity contribution in [3.63, 3.8) is 0 Å². The molecule has 0 saturated carbocycles. The Morgan fingerprint density at radius 2 is 2.07 bits per heavy atom. The summed E-state index contributed by atoms with van der Waals surface area (Å²) in [5.74, 6) is -0.0435. The third-order valence-corrected chi connectivity index (χ3v) is 2.37. The van der Waals surface area contributed by atoms with Crippen LogP contribution in [0.1, 0.15) is 30.6 Å². The fourth-order valence-corrected chi connectivity index (χ4v) is 1.92. The highest BCUT2D eigenvalue weighted by atomic mass is 79.9. The van der Waals surface area contributed by atoms with Crippen LogP contribution < -0.4 is 5.32 Å². The molecule has 4 heteroatoms. The van der Waals surface area contributed by atoms with Gasteiger partial charge in [0.25, 0.3) is 5.91 Å². The van der Waals surface area contributed by atoms with E-state index < -0.39 is 0 Å². The van der Waals surface area contributed by atoms with Gasteiger partial charge in [-0.25, -0.2) is 0 Å². The van der Waals surface area contributed by atoms with Crippen molar-refractivity contribution in [2.75, 3.05) is 0 Å². The van der Waals surface area contributed by atoms with E-state index in [1.54, 1.807) is 24.5 Å². The highest BCUT2D eigenvalue weighted by Crippen LogP contribution is 2.07. The summed E-state index contributed by atoms with van der Waals surface area (Å²) >= 11 is 3.46. The van der Waals surface area contributed by atoms with Gasteiger partial charge in [-0.3, -0.25) is 9.78 Å². The minimum atomic E-state index is -0.0435. The molecule has 1 heterocycles. The summed E-state index contributed by atoms with van der Waals surface area (Å²) in [5.41, 5.74) is 0.652. The van der Waals surface area contributed by atoms with E-state index in [-0.39, 0.29) is 11.9 Å². The maximum absolute atomic E-state index is 11.7. The Bertz CT molecular complexity index is 314. The van der Waals surface area contributed by atoms with Crippen LogP contribution in [0.25, 0.3) is 0 Å². The molecule has 1 amide bonds. The van der Waals surface area contributed by atoms with Gasteiger partial charge in [0.15, 0.2) is 0 Å². The Balaban J connectivity index is 2.49. The summed E-state index contributed by atoms with van der Waals surface area (Å²) in [6, 6.07) is 3.58. The van der Waals surface area contributed by atoms with Gasteiger partial charge in [-0.05, 0) is 25.5 Å². The number of carbonyl (C=O) groups is 1. The van der Waals surface area contributed by atoms with Crippen LogP contribution in [0, 0.1) is 0 Å². The molecule has 15 heavy (non-hydrogen) atoms. The molecule has 3 nitrogen and oxygen atoms in total. The molecule has 0 saturated heterocycles. The topological polar surface area (TPSA) is 42.0 Å². The average molecular weight is 271 g/mol. The largest absolute Gasteiger partial charge is 0.350 e. The predicted molar refractivity (Wildman–Crippen MR) is 64.2 cm³/mol. The van der Waals surface area contributed by atoms with Gasteiger partial charge in [-0.1, -0.05) is 22.9 Å². The zero-order valence-corrected chi connectivity index (χ0v) is 10.5. The number of carbonyl (C=O) groups excluding carboxylic acids is 1. The fraction of sp³-hybridized carbons (Fsp3) is 0.455. The minimum Gasteiger partial charge on any atom is -0.350 e. The van der Waals surface area contributed by atoms with E-state index in [0.29, 0.717) is 10.4 Å². The van der Waals surface area contributed by atoms with Crippen LogP contribution >= 0.6 is 15.9 Å². The zero-order valence-electron chi connectivity index (χ0n) is 8.90. The molecule has 2 unspecified atom stereocenters. The summed E-state index contributed by atoms with van der Waals surface area (Å²) in [6.07, 6.45) is 4.15. The number of nitrogens with one attached hydrogen (secondary N) is 1. The second-order valence-electron chi connectivity index (χ2n) is 3.63. The normalized spacial score (nSPS) is 14.3. The van der Waals surface area contributed by atoms with Crippen molar-refractivity contribution in [3.8, 4) is 0 Å². The lowest BCUT2D eigenvalue weighted by Gasteiger charge is -2.14. The van der Waals surface area contributed by atoms with Crippen LogP contribution in [0.4, 0.5) is 0 Å². The summed E-state index contributed by atoms with van der Waals surface area (Å²) in [7, 11) is 0. The number of hydrogen-bond donors (Lipinski definition) is 1. The number of rotatable bonds is 4. The van der Waals surface area contributed by atoms with Crippen molar-refractivity contribution in [3.05, 3.63) is 30.1 Å². The first-order valence-corrected chi connectivity index (χ1v) is 5.86. The smallest absolute Gasteiger partial charge is 0.251 e. The molecule has 0 fully saturated rings. The van der Waals surface area contributed by atoms with Crippen molar-refractivity contribution in [1.82, 2.24) is 10.3 Å². The number of pyridine rings is 1. The molecule has 1 aromatic rings.